The molecule has 0 radical (unpaired) electrons. The van der Waals surface area contributed by atoms with E-state index in [0.717, 1.165) is 66.2 Å². The predicted octanol–water partition coefficient (Wildman–Crippen LogP) is 11.8. The fraction of sp³-hybridized carbons (Fsp3) is 0.0227. The second-order valence-electron chi connectivity index (χ2n) is 12.5. The molecule has 50 heavy (non-hydrogen) atoms. The molecule has 6 heteroatoms. The Morgan fingerprint density at radius 3 is 1.74 bits per heavy atom. The molecular weight excluding hydrogens is 633 g/mol. The van der Waals surface area contributed by atoms with Gasteiger partial charge in [-0.1, -0.05) is 145 Å². The first-order valence-corrected chi connectivity index (χ1v) is 17.5. The first-order valence-electron chi connectivity index (χ1n) is 16.6. The fourth-order valence-corrected chi connectivity index (χ4v) is 8.08. The van der Waals surface area contributed by atoms with Crippen molar-refractivity contribution in [3.05, 3.63) is 163 Å². The molecule has 1 aliphatic rings. The summed E-state index contributed by atoms with van der Waals surface area (Å²) in [5.41, 5.74) is 9.17. The summed E-state index contributed by atoms with van der Waals surface area (Å²) in [6, 6.07) is 54.5. The summed E-state index contributed by atoms with van der Waals surface area (Å²) in [4.78, 5) is 16.0. The maximum absolute atomic E-state index is 6.62. The zero-order valence-electron chi connectivity index (χ0n) is 26.7. The summed E-state index contributed by atoms with van der Waals surface area (Å²) >= 11 is 1.86. The zero-order chi connectivity index (χ0) is 33.0. The average molecular weight is 661 g/mol. The molecule has 0 bridgehead atoms. The molecule has 1 aliphatic heterocycles. The number of anilines is 1. The van der Waals surface area contributed by atoms with Gasteiger partial charge in [-0.3, -0.25) is 0 Å². The SMILES string of the molecule is c1ccc(-c2nc(-c3ccccc3)nc(-c3ccc4cc(-c5c6c(cc7c5oc5ccccc57)SC(c5ccccc5)N6)ccc4c3)n2)cc1. The van der Waals surface area contributed by atoms with E-state index in [4.69, 9.17) is 19.4 Å². The second-order valence-corrected chi connectivity index (χ2v) is 13.6. The van der Waals surface area contributed by atoms with E-state index >= 15 is 0 Å². The van der Waals surface area contributed by atoms with Crippen LogP contribution in [0.15, 0.2) is 167 Å². The molecule has 0 saturated carbocycles. The number of benzene rings is 7. The molecule has 0 amide bonds. The molecule has 1 N–H and O–H groups in total. The van der Waals surface area contributed by atoms with Crippen LogP contribution < -0.4 is 5.32 Å². The summed E-state index contributed by atoms with van der Waals surface area (Å²) in [6.45, 7) is 0. The Hall–Kier alpha value is -6.24. The fourth-order valence-electron chi connectivity index (χ4n) is 6.89. The van der Waals surface area contributed by atoms with Crippen LogP contribution in [0.3, 0.4) is 0 Å². The van der Waals surface area contributed by atoms with Gasteiger partial charge in [-0.05, 0) is 46.2 Å². The van der Waals surface area contributed by atoms with Gasteiger partial charge in [0.25, 0.3) is 0 Å². The summed E-state index contributed by atoms with van der Waals surface area (Å²) < 4.78 is 6.62. The van der Waals surface area contributed by atoms with Gasteiger partial charge in [-0.2, -0.15) is 0 Å². The second kappa shape index (κ2) is 11.7. The first kappa shape index (κ1) is 28.7. The van der Waals surface area contributed by atoms with Crippen molar-refractivity contribution in [3.8, 4) is 45.3 Å². The Labute approximate surface area is 292 Å². The predicted molar refractivity (Wildman–Crippen MR) is 205 cm³/mol. The van der Waals surface area contributed by atoms with E-state index in [0.29, 0.717) is 17.5 Å². The number of aromatic nitrogens is 3. The van der Waals surface area contributed by atoms with Crippen LogP contribution in [0, 0.1) is 0 Å². The maximum atomic E-state index is 6.62. The van der Waals surface area contributed by atoms with E-state index in [1.54, 1.807) is 0 Å². The molecule has 9 aromatic rings. The number of para-hydroxylation sites is 1. The average Bonchev–Trinajstić information content (AvgIpc) is 3.79. The van der Waals surface area contributed by atoms with Gasteiger partial charge in [0.15, 0.2) is 17.5 Å². The lowest BCUT2D eigenvalue weighted by atomic mass is 9.96. The highest BCUT2D eigenvalue weighted by atomic mass is 32.2. The molecular formula is C44H28N4OS. The maximum Gasteiger partial charge on any atom is 0.164 e. The van der Waals surface area contributed by atoms with Gasteiger partial charge in [0.2, 0.25) is 0 Å². The molecule has 1 unspecified atom stereocenters. The van der Waals surface area contributed by atoms with E-state index < -0.39 is 0 Å². The topological polar surface area (TPSA) is 63.8 Å². The Kier molecular flexibility index (Phi) is 6.74. The van der Waals surface area contributed by atoms with Crippen molar-refractivity contribution < 1.29 is 4.42 Å². The number of fused-ring (bicyclic) bond motifs is 5. The molecule has 1 atom stereocenters. The van der Waals surface area contributed by atoms with Crippen LogP contribution >= 0.6 is 11.8 Å². The number of rotatable bonds is 5. The van der Waals surface area contributed by atoms with Crippen LogP contribution in [-0.4, -0.2) is 15.0 Å². The van der Waals surface area contributed by atoms with E-state index in [9.17, 15) is 0 Å². The third kappa shape index (κ3) is 4.92. The smallest absolute Gasteiger partial charge is 0.164 e. The van der Waals surface area contributed by atoms with E-state index in [1.165, 1.54) is 10.5 Å². The standard InChI is InChI=1S/C44H28N4OS/c1-4-12-27(13-5-1)41-46-42(28-14-6-2-7-15-28)48-43(47-41)33-23-21-30-24-32(22-20-31(30)25-33)38-39-37(50-44(45-39)29-16-8-3-9-17-29)26-35-34-18-10-11-19-36(34)49-40(35)38/h1-26,44-45H. The molecule has 0 fully saturated rings. The van der Waals surface area contributed by atoms with Gasteiger partial charge >= 0.3 is 0 Å². The largest absolute Gasteiger partial charge is 0.455 e. The highest BCUT2D eigenvalue weighted by molar-refractivity contribution is 8.00. The number of thioether (sulfide) groups is 1. The van der Waals surface area contributed by atoms with Crippen LogP contribution in [0.25, 0.3) is 78.0 Å². The van der Waals surface area contributed by atoms with E-state index in [-0.39, 0.29) is 5.37 Å². The van der Waals surface area contributed by atoms with Crippen LogP contribution in [-0.2, 0) is 0 Å². The lowest BCUT2D eigenvalue weighted by Gasteiger charge is -2.14. The van der Waals surface area contributed by atoms with Gasteiger partial charge in [-0.25, -0.2) is 15.0 Å². The lowest BCUT2D eigenvalue weighted by molar-refractivity contribution is 0.670. The third-order valence-corrected chi connectivity index (χ3v) is 10.5. The summed E-state index contributed by atoms with van der Waals surface area (Å²) in [5, 5.41) is 8.46. The summed E-state index contributed by atoms with van der Waals surface area (Å²) in [5.74, 6) is 1.94. The summed E-state index contributed by atoms with van der Waals surface area (Å²) in [6.07, 6.45) is 0. The van der Waals surface area contributed by atoms with Crippen molar-refractivity contribution in [1.82, 2.24) is 15.0 Å². The number of furan rings is 1. The van der Waals surface area contributed by atoms with Crippen molar-refractivity contribution in [1.29, 1.82) is 0 Å². The van der Waals surface area contributed by atoms with Crippen LogP contribution in [0.4, 0.5) is 5.69 Å². The third-order valence-electron chi connectivity index (χ3n) is 9.34. The monoisotopic (exact) mass is 660 g/mol. The van der Waals surface area contributed by atoms with Gasteiger partial charge in [0.1, 0.15) is 16.5 Å². The van der Waals surface area contributed by atoms with Crippen LogP contribution in [0.2, 0.25) is 0 Å². The quantitative estimate of drug-likeness (QED) is 0.198. The minimum absolute atomic E-state index is 0.118. The minimum Gasteiger partial charge on any atom is -0.455 e. The Morgan fingerprint density at radius 1 is 0.500 bits per heavy atom. The normalized spacial score (nSPS) is 13.9. The number of hydrogen-bond donors (Lipinski definition) is 1. The molecule has 0 spiro atoms. The molecule has 7 aromatic carbocycles. The van der Waals surface area contributed by atoms with E-state index in [2.05, 4.69) is 90.2 Å². The van der Waals surface area contributed by atoms with Crippen molar-refractivity contribution in [3.63, 3.8) is 0 Å². The van der Waals surface area contributed by atoms with Crippen molar-refractivity contribution in [2.75, 3.05) is 5.32 Å². The number of hydrogen-bond acceptors (Lipinski definition) is 6. The first-order chi connectivity index (χ1) is 24.7. The lowest BCUT2D eigenvalue weighted by Crippen LogP contribution is -2.01. The van der Waals surface area contributed by atoms with Gasteiger partial charge in [0, 0.05) is 37.9 Å². The van der Waals surface area contributed by atoms with E-state index in [1.807, 2.05) is 84.6 Å². The Morgan fingerprint density at radius 2 is 1.06 bits per heavy atom. The van der Waals surface area contributed by atoms with Crippen LogP contribution in [0.1, 0.15) is 10.9 Å². The Bertz CT molecular complexity index is 2650. The van der Waals surface area contributed by atoms with Crippen molar-refractivity contribution in [2.45, 2.75) is 10.3 Å². The minimum atomic E-state index is 0.118. The highest BCUT2D eigenvalue weighted by Gasteiger charge is 2.29. The molecule has 10 rings (SSSR count). The van der Waals surface area contributed by atoms with Gasteiger partial charge in [-0.15, -0.1) is 0 Å². The molecule has 5 nitrogen and oxygen atoms in total. The molecule has 2 aromatic heterocycles. The van der Waals surface area contributed by atoms with Gasteiger partial charge in [0.05, 0.1) is 5.69 Å². The molecule has 3 heterocycles. The molecule has 0 aliphatic carbocycles. The zero-order valence-corrected chi connectivity index (χ0v) is 27.6. The number of nitrogens with zero attached hydrogens (tertiary/aromatic N) is 3. The summed E-state index contributed by atoms with van der Waals surface area (Å²) in [7, 11) is 0. The van der Waals surface area contributed by atoms with Crippen molar-refractivity contribution in [2.24, 2.45) is 0 Å². The van der Waals surface area contributed by atoms with Gasteiger partial charge < -0.3 is 9.73 Å². The molecule has 236 valence electrons. The molecule has 0 saturated heterocycles. The Balaban J connectivity index is 1.10. The number of nitrogens with one attached hydrogen (secondary N) is 1. The van der Waals surface area contributed by atoms with Crippen LogP contribution in [0.5, 0.6) is 0 Å². The van der Waals surface area contributed by atoms with Crippen molar-refractivity contribution >= 4 is 50.2 Å². The highest BCUT2D eigenvalue weighted by Crippen LogP contribution is 2.54.